The van der Waals surface area contributed by atoms with E-state index in [0.717, 1.165) is 44.9 Å². The monoisotopic (exact) mass is 1390 g/mol. The molecule has 0 saturated carbocycles. The lowest BCUT2D eigenvalue weighted by molar-refractivity contribution is -0.379. The van der Waals surface area contributed by atoms with E-state index in [0.29, 0.717) is 12.8 Å². The molecular weight excluding hydrogens is 1240 g/mol. The number of hydrogen-bond acceptors (Lipinski definition) is 18. The number of aliphatic hydroxyl groups excluding tert-OH is 11. The molecule has 3 aliphatic rings. The summed E-state index contributed by atoms with van der Waals surface area (Å²) >= 11 is 0. The first kappa shape index (κ1) is 89.7. The van der Waals surface area contributed by atoms with Crippen LogP contribution in [-0.4, -0.2) is 193 Å². The lowest BCUT2D eigenvalue weighted by atomic mass is 9.96. The Morgan fingerprint density at radius 2 is 0.649 bits per heavy atom. The molecule has 17 atom stereocenters. The predicted molar refractivity (Wildman–Crippen MR) is 383 cm³/mol. The van der Waals surface area contributed by atoms with Gasteiger partial charge in [0.05, 0.1) is 38.6 Å². The van der Waals surface area contributed by atoms with Crippen molar-refractivity contribution < 1.29 is 89.4 Å². The molecule has 0 aromatic rings. The molecular formula is C78H149NO18. The predicted octanol–water partition coefficient (Wildman–Crippen LogP) is 13.2. The van der Waals surface area contributed by atoms with Gasteiger partial charge < -0.3 is 89.9 Å². The molecule has 3 heterocycles. The van der Waals surface area contributed by atoms with Gasteiger partial charge in [-0.1, -0.05) is 315 Å². The van der Waals surface area contributed by atoms with Crippen LogP contribution < -0.4 is 5.32 Å². The molecule has 1 amide bonds. The number of ether oxygens (including phenoxy) is 6. The number of aliphatic hydroxyl groups is 11. The number of amides is 1. The van der Waals surface area contributed by atoms with Gasteiger partial charge in [0, 0.05) is 6.42 Å². The van der Waals surface area contributed by atoms with Crippen molar-refractivity contribution in [3.63, 3.8) is 0 Å². The second kappa shape index (κ2) is 59.9. The fraction of sp³-hybridized carbons (Fsp3) is 0.962. The maximum absolute atomic E-state index is 13.5. The zero-order chi connectivity index (χ0) is 70.4. The number of rotatable bonds is 65. The van der Waals surface area contributed by atoms with Crippen LogP contribution in [0.2, 0.25) is 0 Å². The van der Waals surface area contributed by atoms with Crippen molar-refractivity contribution in [3.05, 3.63) is 12.2 Å². The topological polar surface area (TPSA) is 307 Å². The van der Waals surface area contributed by atoms with Crippen LogP contribution in [0.15, 0.2) is 12.2 Å². The first-order valence-corrected chi connectivity index (χ1v) is 40.4. The normalized spacial score (nSPS) is 26.9. The van der Waals surface area contributed by atoms with Crippen LogP contribution in [0.25, 0.3) is 0 Å². The smallest absolute Gasteiger partial charge is 0.220 e. The molecule has 0 aromatic carbocycles. The molecule has 3 rings (SSSR count). The van der Waals surface area contributed by atoms with Crippen LogP contribution in [0.5, 0.6) is 0 Å². The van der Waals surface area contributed by atoms with Crippen molar-refractivity contribution in [2.45, 2.75) is 452 Å². The zero-order valence-corrected chi connectivity index (χ0v) is 61.3. The molecule has 97 heavy (non-hydrogen) atoms. The highest BCUT2D eigenvalue weighted by molar-refractivity contribution is 5.76. The molecule has 3 aliphatic heterocycles. The zero-order valence-electron chi connectivity index (χ0n) is 61.3. The fourth-order valence-corrected chi connectivity index (χ4v) is 14.1. The SMILES string of the molecule is CCCCCCCCCC/C=C\CCCCCCCCCCCCCCCCCCCC(=O)NC(COC1OC(CO)C(OC2OC(CO)C(OC3OC(CO)C(O)C(O)C3O)C(O)C2O)C(O)C1O)C(O)CCCCCCCCCCCCCCCCCCCCCCCCC. The second-order valence-corrected chi connectivity index (χ2v) is 29.2. The van der Waals surface area contributed by atoms with Gasteiger partial charge in [0.25, 0.3) is 0 Å². The summed E-state index contributed by atoms with van der Waals surface area (Å²) in [6.07, 6.45) is 43.0. The van der Waals surface area contributed by atoms with Gasteiger partial charge in [-0.3, -0.25) is 4.79 Å². The fourth-order valence-electron chi connectivity index (χ4n) is 14.1. The van der Waals surface area contributed by atoms with Crippen molar-refractivity contribution >= 4 is 5.91 Å². The molecule has 19 nitrogen and oxygen atoms in total. The number of hydrogen-bond donors (Lipinski definition) is 12. The molecule has 0 radical (unpaired) electrons. The molecule has 17 unspecified atom stereocenters. The van der Waals surface area contributed by atoms with E-state index in [1.165, 1.54) is 270 Å². The van der Waals surface area contributed by atoms with Crippen LogP contribution in [0, 0.1) is 0 Å². The summed E-state index contributed by atoms with van der Waals surface area (Å²) in [6.45, 7) is 1.86. The lowest BCUT2D eigenvalue weighted by Gasteiger charge is -2.48. The van der Waals surface area contributed by atoms with E-state index in [1.54, 1.807) is 0 Å². The van der Waals surface area contributed by atoms with E-state index >= 15 is 0 Å². The lowest BCUT2D eigenvalue weighted by Crippen LogP contribution is -2.66. The summed E-state index contributed by atoms with van der Waals surface area (Å²) in [7, 11) is 0. The number of nitrogens with one attached hydrogen (secondary N) is 1. The van der Waals surface area contributed by atoms with Crippen LogP contribution >= 0.6 is 0 Å². The van der Waals surface area contributed by atoms with Crippen LogP contribution in [0.3, 0.4) is 0 Å². The van der Waals surface area contributed by atoms with Crippen molar-refractivity contribution in [2.75, 3.05) is 26.4 Å². The third-order valence-electron chi connectivity index (χ3n) is 20.6. The Kier molecular flexibility index (Phi) is 55.4. The van der Waals surface area contributed by atoms with E-state index in [-0.39, 0.29) is 18.9 Å². The van der Waals surface area contributed by atoms with E-state index in [9.17, 15) is 61.0 Å². The Hall–Kier alpha value is -1.47. The Morgan fingerprint density at radius 1 is 0.361 bits per heavy atom. The van der Waals surface area contributed by atoms with Gasteiger partial charge in [-0.05, 0) is 38.5 Å². The van der Waals surface area contributed by atoms with Gasteiger partial charge in [0.15, 0.2) is 18.9 Å². The van der Waals surface area contributed by atoms with E-state index < -0.39 is 124 Å². The Morgan fingerprint density at radius 3 is 1.00 bits per heavy atom. The van der Waals surface area contributed by atoms with Gasteiger partial charge in [-0.15, -0.1) is 0 Å². The summed E-state index contributed by atoms with van der Waals surface area (Å²) < 4.78 is 34.5. The average molecular weight is 1390 g/mol. The number of unbranched alkanes of at least 4 members (excludes halogenated alkanes) is 47. The molecule has 3 fully saturated rings. The minimum absolute atomic E-state index is 0.234. The highest BCUT2D eigenvalue weighted by atomic mass is 16.8. The molecule has 0 bridgehead atoms. The minimum Gasteiger partial charge on any atom is -0.394 e. The Labute approximate surface area is 588 Å². The summed E-state index contributed by atoms with van der Waals surface area (Å²) in [4.78, 5) is 13.5. The van der Waals surface area contributed by atoms with Crippen molar-refractivity contribution in [1.82, 2.24) is 5.32 Å². The molecule has 0 aliphatic carbocycles. The third-order valence-corrected chi connectivity index (χ3v) is 20.6. The van der Waals surface area contributed by atoms with Crippen molar-refractivity contribution in [3.8, 4) is 0 Å². The molecule has 574 valence electrons. The number of allylic oxidation sites excluding steroid dienone is 2. The summed E-state index contributed by atoms with van der Waals surface area (Å²) in [6, 6.07) is -0.885. The number of carbonyl (C=O) groups is 1. The molecule has 0 aromatic heterocycles. The Balaban J connectivity index is 1.36. The average Bonchev–Trinajstić information content (AvgIpc) is 0.789. The summed E-state index contributed by atoms with van der Waals surface area (Å²) in [5.41, 5.74) is 0. The number of carbonyl (C=O) groups excluding carboxylic acids is 1. The highest BCUT2D eigenvalue weighted by Gasteiger charge is 2.54. The summed E-state index contributed by atoms with van der Waals surface area (Å²) in [5, 5.41) is 121. The highest BCUT2D eigenvalue weighted by Crippen LogP contribution is 2.33. The van der Waals surface area contributed by atoms with Crippen LogP contribution in [0.1, 0.15) is 348 Å². The van der Waals surface area contributed by atoms with Gasteiger partial charge in [-0.2, -0.15) is 0 Å². The Bertz CT molecular complexity index is 1800. The first-order chi connectivity index (χ1) is 47.3. The molecule has 0 spiro atoms. The van der Waals surface area contributed by atoms with Crippen molar-refractivity contribution in [1.29, 1.82) is 0 Å². The maximum atomic E-state index is 13.5. The van der Waals surface area contributed by atoms with Gasteiger partial charge in [0.1, 0.15) is 73.2 Å². The van der Waals surface area contributed by atoms with E-state index in [2.05, 4.69) is 31.3 Å². The standard InChI is InChI=1S/C78H149NO18/c1-3-5-7-9-11-13-15-17-19-21-23-25-27-28-29-30-31-32-34-36-38-40-42-44-46-48-50-52-54-56-66(84)79-61(62(83)55-53-51-49-47-45-43-41-39-37-35-33-26-24-22-20-18-16-14-12-10-8-6-4-2)60-92-76-72(90)69(87)74(64(58-81)94-76)97-78-73(91)70(88)75(65(59-82)95-78)96-77-71(89)68(86)67(85)63(57-80)93-77/h21,23,61-65,67-78,80-83,85-91H,3-20,22,24-60H2,1-2H3,(H,79,84)/b23-21-. The maximum Gasteiger partial charge on any atom is 0.220 e. The molecule has 12 N–H and O–H groups in total. The van der Waals surface area contributed by atoms with Gasteiger partial charge in [-0.25, -0.2) is 0 Å². The van der Waals surface area contributed by atoms with Gasteiger partial charge >= 0.3 is 0 Å². The third kappa shape index (κ3) is 40.4. The second-order valence-electron chi connectivity index (χ2n) is 29.2. The summed E-state index contributed by atoms with van der Waals surface area (Å²) in [5.74, 6) is -0.234. The quantitative estimate of drug-likeness (QED) is 0.0199. The van der Waals surface area contributed by atoms with Crippen LogP contribution in [-0.2, 0) is 33.2 Å². The van der Waals surface area contributed by atoms with Gasteiger partial charge in [0.2, 0.25) is 5.91 Å². The first-order valence-electron chi connectivity index (χ1n) is 40.4. The minimum atomic E-state index is -1.97. The van der Waals surface area contributed by atoms with E-state index in [4.69, 9.17) is 28.4 Å². The molecule has 3 saturated heterocycles. The van der Waals surface area contributed by atoms with Crippen molar-refractivity contribution in [2.24, 2.45) is 0 Å². The van der Waals surface area contributed by atoms with E-state index in [1.807, 2.05) is 0 Å². The molecule has 19 heteroatoms. The van der Waals surface area contributed by atoms with Crippen LogP contribution in [0.4, 0.5) is 0 Å². The largest absolute Gasteiger partial charge is 0.394 e.